The van der Waals surface area contributed by atoms with Gasteiger partial charge in [0.2, 0.25) is 24.5 Å². The maximum atomic E-state index is 13.8. The predicted octanol–water partition coefficient (Wildman–Crippen LogP) is 2.65. The summed E-state index contributed by atoms with van der Waals surface area (Å²) in [5.41, 5.74) is 0.709. The van der Waals surface area contributed by atoms with E-state index in [9.17, 15) is 14.4 Å². The maximum absolute atomic E-state index is 13.8. The average molecular weight is 461 g/mol. The molecule has 0 bridgehead atoms. The molecule has 1 saturated heterocycles. The lowest BCUT2D eigenvalue weighted by Gasteiger charge is -2.29. The quantitative estimate of drug-likeness (QED) is 0.499. The Hall–Kier alpha value is -4.14. The highest BCUT2D eigenvalue weighted by atomic mass is 16.7. The highest BCUT2D eigenvalue weighted by molar-refractivity contribution is 6.10. The third kappa shape index (κ3) is 3.89. The van der Waals surface area contributed by atoms with Gasteiger partial charge in [-0.15, -0.1) is 0 Å². The van der Waals surface area contributed by atoms with Crippen molar-refractivity contribution in [2.24, 2.45) is 0 Å². The molecule has 3 heterocycles. The lowest BCUT2D eigenvalue weighted by Crippen LogP contribution is -2.42. The fraction of sp³-hybridized carbons (Fsp3) is 0.280. The van der Waals surface area contributed by atoms with E-state index in [1.165, 1.54) is 16.1 Å². The van der Waals surface area contributed by atoms with E-state index in [2.05, 4.69) is 5.16 Å². The van der Waals surface area contributed by atoms with Crippen molar-refractivity contribution in [3.05, 3.63) is 77.7 Å². The summed E-state index contributed by atoms with van der Waals surface area (Å²) in [6.45, 7) is 0.469. The molecule has 9 nitrogen and oxygen atoms in total. The summed E-state index contributed by atoms with van der Waals surface area (Å²) in [5, 5.41) is 3.84. The van der Waals surface area contributed by atoms with Crippen molar-refractivity contribution < 1.29 is 28.4 Å². The molecule has 0 N–H and O–H groups in total. The second kappa shape index (κ2) is 8.66. The molecule has 1 atom stereocenters. The Kier molecular flexibility index (Phi) is 5.53. The van der Waals surface area contributed by atoms with Crippen LogP contribution in [-0.2, 0) is 32.9 Å². The Morgan fingerprint density at radius 2 is 1.88 bits per heavy atom. The number of nitrogens with zero attached hydrogens (tertiary/aromatic N) is 3. The van der Waals surface area contributed by atoms with Crippen LogP contribution < -0.4 is 9.47 Å². The van der Waals surface area contributed by atoms with Crippen LogP contribution in [0.4, 0.5) is 0 Å². The summed E-state index contributed by atoms with van der Waals surface area (Å²) in [6, 6.07) is 16.0. The minimum atomic E-state index is -1.27. The van der Waals surface area contributed by atoms with Gasteiger partial charge in [0.25, 0.3) is 0 Å². The highest BCUT2D eigenvalue weighted by Gasteiger charge is 2.54. The van der Waals surface area contributed by atoms with Crippen LogP contribution in [0.25, 0.3) is 0 Å². The molecule has 2 aromatic carbocycles. The number of rotatable bonds is 7. The molecule has 5 rings (SSSR count). The number of hydrogen-bond donors (Lipinski definition) is 0. The number of carbonyl (C=O) groups is 3. The zero-order valence-corrected chi connectivity index (χ0v) is 18.6. The van der Waals surface area contributed by atoms with Crippen LogP contribution >= 0.6 is 0 Å². The Bertz CT molecular complexity index is 1230. The zero-order valence-electron chi connectivity index (χ0n) is 18.6. The summed E-state index contributed by atoms with van der Waals surface area (Å²) < 4.78 is 15.6. The Morgan fingerprint density at radius 3 is 2.65 bits per heavy atom. The van der Waals surface area contributed by atoms with Crippen molar-refractivity contribution in [1.82, 2.24) is 15.0 Å². The number of aromatic nitrogens is 1. The van der Waals surface area contributed by atoms with Crippen LogP contribution in [0, 0.1) is 0 Å². The average Bonchev–Trinajstić information content (AvgIpc) is 3.57. The molecule has 3 amide bonds. The van der Waals surface area contributed by atoms with E-state index in [4.69, 9.17) is 14.0 Å². The van der Waals surface area contributed by atoms with E-state index < -0.39 is 5.41 Å². The predicted molar refractivity (Wildman–Crippen MR) is 118 cm³/mol. The van der Waals surface area contributed by atoms with Gasteiger partial charge in [0.05, 0.1) is 18.5 Å². The molecule has 3 aromatic rings. The molecule has 1 unspecified atom stereocenters. The summed E-state index contributed by atoms with van der Waals surface area (Å²) in [7, 11) is 1.64. The molecular weight excluding hydrogens is 438 g/mol. The van der Waals surface area contributed by atoms with Gasteiger partial charge in [-0.05, 0) is 23.3 Å². The van der Waals surface area contributed by atoms with Gasteiger partial charge < -0.3 is 18.9 Å². The zero-order chi connectivity index (χ0) is 23.7. The SMILES string of the molecule is CN(Cc1ccon1)C(=O)CC1(c2ccccc2)CC(=O)N(Cc2ccc3c(c2)OCO3)C1=O. The number of imide groups is 1. The summed E-state index contributed by atoms with van der Waals surface area (Å²) in [4.78, 5) is 42.8. The molecule has 0 radical (unpaired) electrons. The van der Waals surface area contributed by atoms with Gasteiger partial charge in [-0.2, -0.15) is 0 Å². The van der Waals surface area contributed by atoms with E-state index in [1.54, 1.807) is 55.6 Å². The number of likely N-dealkylation sites (tertiary alicyclic amines) is 1. The lowest BCUT2D eigenvalue weighted by atomic mass is 9.75. The van der Waals surface area contributed by atoms with Crippen LogP contribution in [0.15, 0.2) is 65.4 Å². The van der Waals surface area contributed by atoms with Crippen LogP contribution in [0.2, 0.25) is 0 Å². The number of amides is 3. The van der Waals surface area contributed by atoms with E-state index >= 15 is 0 Å². The molecule has 0 aliphatic carbocycles. The molecule has 1 aromatic heterocycles. The normalized spacial score (nSPS) is 19.0. The highest BCUT2D eigenvalue weighted by Crippen LogP contribution is 2.41. The minimum Gasteiger partial charge on any atom is -0.454 e. The van der Waals surface area contributed by atoms with Crippen molar-refractivity contribution in [1.29, 1.82) is 0 Å². The topological polar surface area (TPSA) is 102 Å². The molecule has 2 aliphatic rings. The molecule has 0 saturated carbocycles. The smallest absolute Gasteiger partial charge is 0.241 e. The largest absolute Gasteiger partial charge is 0.454 e. The van der Waals surface area contributed by atoms with Gasteiger partial charge in [0.15, 0.2) is 11.5 Å². The molecule has 2 aliphatic heterocycles. The number of carbonyl (C=O) groups excluding carboxylic acids is 3. The van der Waals surface area contributed by atoms with Crippen molar-refractivity contribution in [3.63, 3.8) is 0 Å². The van der Waals surface area contributed by atoms with Crippen LogP contribution in [0.1, 0.15) is 29.7 Å². The van der Waals surface area contributed by atoms with Crippen molar-refractivity contribution in [2.75, 3.05) is 13.8 Å². The third-order valence-electron chi connectivity index (χ3n) is 6.28. The standard InChI is InChI=1S/C25H23N3O6/c1-27(15-19-9-10-34-26-19)22(29)12-25(18-5-3-2-4-6-18)13-23(30)28(24(25)31)14-17-7-8-20-21(11-17)33-16-32-20/h2-11H,12-16H2,1H3. The van der Waals surface area contributed by atoms with Gasteiger partial charge in [-0.3, -0.25) is 19.3 Å². The maximum Gasteiger partial charge on any atom is 0.241 e. The Balaban J connectivity index is 1.42. The number of ether oxygens (including phenoxy) is 2. The minimum absolute atomic E-state index is 0.0794. The first kappa shape index (κ1) is 21.7. The molecule has 9 heteroatoms. The van der Waals surface area contributed by atoms with Gasteiger partial charge in [0.1, 0.15) is 12.0 Å². The van der Waals surface area contributed by atoms with E-state index in [0.717, 1.165) is 5.56 Å². The monoisotopic (exact) mass is 461 g/mol. The first-order valence-electron chi connectivity index (χ1n) is 10.9. The fourth-order valence-corrected chi connectivity index (χ4v) is 4.45. The summed E-state index contributed by atoms with van der Waals surface area (Å²) >= 11 is 0. The van der Waals surface area contributed by atoms with Gasteiger partial charge in [0, 0.05) is 26.0 Å². The lowest BCUT2D eigenvalue weighted by molar-refractivity contribution is -0.143. The van der Waals surface area contributed by atoms with E-state index in [-0.39, 0.29) is 50.4 Å². The first-order valence-corrected chi connectivity index (χ1v) is 10.9. The van der Waals surface area contributed by atoms with Crippen molar-refractivity contribution in [3.8, 4) is 11.5 Å². The number of benzene rings is 2. The fourth-order valence-electron chi connectivity index (χ4n) is 4.45. The third-order valence-corrected chi connectivity index (χ3v) is 6.28. The molecular formula is C25H23N3O6. The molecule has 1 fully saturated rings. The molecule has 0 spiro atoms. The number of fused-ring (bicyclic) bond motifs is 1. The Labute approximate surface area is 195 Å². The second-order valence-corrected chi connectivity index (χ2v) is 8.51. The van der Waals surface area contributed by atoms with Crippen LogP contribution in [-0.4, -0.2) is 46.5 Å². The van der Waals surface area contributed by atoms with Crippen LogP contribution in [0.5, 0.6) is 11.5 Å². The van der Waals surface area contributed by atoms with Crippen molar-refractivity contribution in [2.45, 2.75) is 31.3 Å². The Morgan fingerprint density at radius 1 is 1.09 bits per heavy atom. The van der Waals surface area contributed by atoms with Crippen LogP contribution in [0.3, 0.4) is 0 Å². The molecule has 174 valence electrons. The van der Waals surface area contributed by atoms with Gasteiger partial charge in [-0.1, -0.05) is 41.6 Å². The van der Waals surface area contributed by atoms with E-state index in [1.807, 2.05) is 6.07 Å². The molecule has 34 heavy (non-hydrogen) atoms. The second-order valence-electron chi connectivity index (χ2n) is 8.51. The summed E-state index contributed by atoms with van der Waals surface area (Å²) in [6.07, 6.45) is 1.23. The van der Waals surface area contributed by atoms with Gasteiger partial charge >= 0.3 is 0 Å². The van der Waals surface area contributed by atoms with Crippen molar-refractivity contribution >= 4 is 17.7 Å². The summed E-state index contributed by atoms with van der Waals surface area (Å²) in [5.74, 6) is 0.235. The first-order chi connectivity index (χ1) is 16.5. The van der Waals surface area contributed by atoms with E-state index in [0.29, 0.717) is 22.8 Å². The van der Waals surface area contributed by atoms with Gasteiger partial charge in [-0.25, -0.2) is 0 Å². The number of hydrogen-bond acceptors (Lipinski definition) is 7.